The Hall–Kier alpha value is -1.73. The Labute approximate surface area is 175 Å². The number of nitrogens with zero attached hydrogens (tertiary/aromatic N) is 1. The van der Waals surface area contributed by atoms with Crippen molar-refractivity contribution in [2.75, 3.05) is 26.2 Å². The molecule has 1 saturated heterocycles. The number of rotatable bonds is 6. The SMILES string of the molecule is Cl.O=C(CCc1ccccn1)NC[C@@H]1CNCCO[C@H]1c1ccc(Cl)c(F)c1. The molecule has 1 aliphatic heterocycles. The van der Waals surface area contributed by atoms with Crippen LogP contribution in [0.15, 0.2) is 42.6 Å². The lowest BCUT2D eigenvalue weighted by Gasteiger charge is -2.25. The fraction of sp³-hybridized carbons (Fsp3) is 0.400. The third-order valence-corrected chi connectivity index (χ3v) is 4.89. The van der Waals surface area contributed by atoms with Gasteiger partial charge in [-0.1, -0.05) is 23.7 Å². The molecule has 1 aliphatic rings. The lowest BCUT2D eigenvalue weighted by atomic mass is 9.95. The molecule has 8 heteroatoms. The molecule has 0 radical (unpaired) electrons. The Morgan fingerprint density at radius 3 is 2.96 bits per heavy atom. The van der Waals surface area contributed by atoms with Gasteiger partial charge in [0.05, 0.1) is 17.7 Å². The summed E-state index contributed by atoms with van der Waals surface area (Å²) < 4.78 is 19.8. The predicted molar refractivity (Wildman–Crippen MR) is 109 cm³/mol. The fourth-order valence-electron chi connectivity index (χ4n) is 3.15. The first-order chi connectivity index (χ1) is 13.1. The number of ether oxygens (including phenoxy) is 1. The molecule has 0 spiro atoms. The van der Waals surface area contributed by atoms with E-state index in [1.807, 2.05) is 18.2 Å². The minimum absolute atomic E-state index is 0. The van der Waals surface area contributed by atoms with Gasteiger partial charge in [0.25, 0.3) is 0 Å². The quantitative estimate of drug-likeness (QED) is 0.741. The third-order valence-electron chi connectivity index (χ3n) is 4.58. The normalized spacial score (nSPS) is 19.4. The van der Waals surface area contributed by atoms with E-state index < -0.39 is 5.82 Å². The summed E-state index contributed by atoms with van der Waals surface area (Å²) in [4.78, 5) is 16.4. The maximum absolute atomic E-state index is 13.9. The van der Waals surface area contributed by atoms with Crippen LogP contribution in [0, 0.1) is 11.7 Å². The van der Waals surface area contributed by atoms with Crippen LogP contribution in [0.1, 0.15) is 23.8 Å². The number of amides is 1. The molecule has 2 atom stereocenters. The summed E-state index contributed by atoms with van der Waals surface area (Å²) >= 11 is 5.79. The van der Waals surface area contributed by atoms with Gasteiger partial charge in [0.15, 0.2) is 0 Å². The van der Waals surface area contributed by atoms with Crippen molar-refractivity contribution in [3.8, 4) is 0 Å². The van der Waals surface area contributed by atoms with Crippen molar-refractivity contribution in [2.45, 2.75) is 18.9 Å². The molecule has 2 N–H and O–H groups in total. The van der Waals surface area contributed by atoms with E-state index in [0.717, 1.165) is 17.8 Å². The summed E-state index contributed by atoms with van der Waals surface area (Å²) in [6, 6.07) is 10.4. The van der Waals surface area contributed by atoms with Crippen molar-refractivity contribution in [3.05, 3.63) is 64.7 Å². The van der Waals surface area contributed by atoms with Crippen molar-refractivity contribution in [3.63, 3.8) is 0 Å². The number of benzene rings is 1. The molecule has 3 rings (SSSR count). The maximum atomic E-state index is 13.9. The lowest BCUT2D eigenvalue weighted by Crippen LogP contribution is -2.36. The van der Waals surface area contributed by atoms with Gasteiger partial charge in [-0.3, -0.25) is 9.78 Å². The number of carbonyl (C=O) groups excluding carboxylic acids is 1. The molecular weight excluding hydrogens is 404 g/mol. The monoisotopic (exact) mass is 427 g/mol. The molecular formula is C20H24Cl2FN3O2. The van der Waals surface area contributed by atoms with Gasteiger partial charge in [-0.2, -0.15) is 0 Å². The number of halogens is 3. The molecule has 152 valence electrons. The van der Waals surface area contributed by atoms with E-state index in [1.165, 1.54) is 12.1 Å². The van der Waals surface area contributed by atoms with Crippen molar-refractivity contribution in [1.29, 1.82) is 0 Å². The average Bonchev–Trinajstić information content (AvgIpc) is 2.93. The highest BCUT2D eigenvalue weighted by Gasteiger charge is 2.27. The van der Waals surface area contributed by atoms with Crippen LogP contribution in [-0.2, 0) is 16.0 Å². The third kappa shape index (κ3) is 6.41. The van der Waals surface area contributed by atoms with Crippen LogP contribution in [0.3, 0.4) is 0 Å². The summed E-state index contributed by atoms with van der Waals surface area (Å²) in [5.41, 5.74) is 1.62. The Balaban J connectivity index is 0.00000280. The van der Waals surface area contributed by atoms with E-state index in [9.17, 15) is 9.18 Å². The second-order valence-corrected chi connectivity index (χ2v) is 6.96. The zero-order valence-electron chi connectivity index (χ0n) is 15.4. The van der Waals surface area contributed by atoms with E-state index in [2.05, 4.69) is 15.6 Å². The molecule has 2 heterocycles. The van der Waals surface area contributed by atoms with Gasteiger partial charge in [0.1, 0.15) is 5.82 Å². The molecule has 1 fully saturated rings. The van der Waals surface area contributed by atoms with Gasteiger partial charge >= 0.3 is 0 Å². The molecule has 0 bridgehead atoms. The minimum atomic E-state index is -0.465. The molecule has 1 amide bonds. The van der Waals surface area contributed by atoms with E-state index in [0.29, 0.717) is 32.5 Å². The smallest absolute Gasteiger partial charge is 0.220 e. The van der Waals surface area contributed by atoms with Gasteiger partial charge in [-0.05, 0) is 36.2 Å². The zero-order valence-corrected chi connectivity index (χ0v) is 16.9. The topological polar surface area (TPSA) is 63.2 Å². The number of aryl methyl sites for hydroxylation is 1. The highest BCUT2D eigenvalue weighted by atomic mass is 35.5. The van der Waals surface area contributed by atoms with Crippen molar-refractivity contribution < 1.29 is 13.9 Å². The van der Waals surface area contributed by atoms with Gasteiger partial charge in [-0.15, -0.1) is 12.4 Å². The molecule has 1 aromatic heterocycles. The van der Waals surface area contributed by atoms with E-state index in [4.69, 9.17) is 16.3 Å². The van der Waals surface area contributed by atoms with Crippen molar-refractivity contribution >= 4 is 29.9 Å². The fourth-order valence-corrected chi connectivity index (χ4v) is 3.26. The summed E-state index contributed by atoms with van der Waals surface area (Å²) in [5, 5.41) is 6.36. The molecule has 0 aliphatic carbocycles. The zero-order chi connectivity index (χ0) is 19.1. The molecule has 2 aromatic rings. The predicted octanol–water partition coefficient (Wildman–Crippen LogP) is 3.32. The standard InChI is InChI=1S/C20H23ClFN3O2.ClH/c21-17-6-4-14(11-18(17)22)20-15(12-23-9-10-27-20)13-25-19(26)7-5-16-3-1-2-8-24-16;/h1-4,6,8,11,15,20,23H,5,7,9-10,12-13H2,(H,25,26);1H/t15-,20-;/m0./s1. The molecule has 0 saturated carbocycles. The van der Waals surface area contributed by atoms with E-state index in [-0.39, 0.29) is 35.4 Å². The van der Waals surface area contributed by atoms with Gasteiger partial charge < -0.3 is 15.4 Å². The highest BCUT2D eigenvalue weighted by Crippen LogP contribution is 2.29. The van der Waals surface area contributed by atoms with Crippen LogP contribution in [0.4, 0.5) is 4.39 Å². The summed E-state index contributed by atoms with van der Waals surface area (Å²) in [6.45, 7) is 2.37. The van der Waals surface area contributed by atoms with E-state index >= 15 is 0 Å². The van der Waals surface area contributed by atoms with Gasteiger partial charge in [-0.25, -0.2) is 4.39 Å². The molecule has 0 unspecified atom stereocenters. The molecule has 5 nitrogen and oxygen atoms in total. The second-order valence-electron chi connectivity index (χ2n) is 6.55. The highest BCUT2D eigenvalue weighted by molar-refractivity contribution is 6.30. The van der Waals surface area contributed by atoms with Gasteiger partial charge in [0.2, 0.25) is 5.91 Å². The number of nitrogens with one attached hydrogen (secondary N) is 2. The number of hydrogen-bond donors (Lipinski definition) is 2. The summed E-state index contributed by atoms with van der Waals surface area (Å²) in [7, 11) is 0. The number of pyridine rings is 1. The van der Waals surface area contributed by atoms with Crippen LogP contribution in [0.25, 0.3) is 0 Å². The first-order valence-corrected chi connectivity index (χ1v) is 9.45. The first kappa shape index (κ1) is 22.6. The molecule has 1 aromatic carbocycles. The average molecular weight is 428 g/mol. The number of carbonyl (C=O) groups is 1. The molecule has 28 heavy (non-hydrogen) atoms. The van der Waals surface area contributed by atoms with Crippen molar-refractivity contribution in [1.82, 2.24) is 15.6 Å². The Morgan fingerprint density at radius 2 is 2.21 bits per heavy atom. The maximum Gasteiger partial charge on any atom is 0.220 e. The summed E-state index contributed by atoms with van der Waals surface area (Å²) in [5.74, 6) is -0.508. The lowest BCUT2D eigenvalue weighted by molar-refractivity contribution is -0.121. The largest absolute Gasteiger partial charge is 0.372 e. The van der Waals surface area contributed by atoms with Crippen LogP contribution in [0.5, 0.6) is 0 Å². The first-order valence-electron chi connectivity index (χ1n) is 9.07. The Kier molecular flexibility index (Phi) is 9.12. The van der Waals surface area contributed by atoms with Crippen LogP contribution < -0.4 is 10.6 Å². The minimum Gasteiger partial charge on any atom is -0.372 e. The van der Waals surface area contributed by atoms with Crippen LogP contribution in [-0.4, -0.2) is 37.1 Å². The number of aromatic nitrogens is 1. The van der Waals surface area contributed by atoms with Crippen LogP contribution in [0.2, 0.25) is 5.02 Å². The number of hydrogen-bond acceptors (Lipinski definition) is 4. The Morgan fingerprint density at radius 1 is 1.36 bits per heavy atom. The van der Waals surface area contributed by atoms with Crippen LogP contribution >= 0.6 is 24.0 Å². The van der Waals surface area contributed by atoms with Crippen molar-refractivity contribution in [2.24, 2.45) is 5.92 Å². The second kappa shape index (κ2) is 11.3. The van der Waals surface area contributed by atoms with E-state index in [1.54, 1.807) is 12.3 Å². The summed E-state index contributed by atoms with van der Waals surface area (Å²) in [6.07, 6.45) is 2.39. The van der Waals surface area contributed by atoms with Gasteiger partial charge in [0, 0.05) is 43.9 Å². The Bertz CT molecular complexity index is 764.